The van der Waals surface area contributed by atoms with E-state index in [4.69, 9.17) is 5.11 Å². The molecule has 1 aliphatic heterocycles. The maximum Gasteiger partial charge on any atom is 0.416 e. The zero-order valence-corrected chi connectivity index (χ0v) is 13.6. The van der Waals surface area contributed by atoms with Gasteiger partial charge in [-0.1, -0.05) is 42.5 Å². The van der Waals surface area contributed by atoms with Crippen LogP contribution in [0.5, 0.6) is 0 Å². The quantitative estimate of drug-likeness (QED) is 0.886. The molecule has 2 atom stereocenters. The van der Waals surface area contributed by atoms with Crippen LogP contribution in [0, 0.1) is 0 Å². The lowest BCUT2D eigenvalue weighted by Gasteiger charge is -2.27. The second kappa shape index (κ2) is 7.15. The van der Waals surface area contributed by atoms with Gasteiger partial charge >= 0.3 is 6.18 Å². The van der Waals surface area contributed by atoms with Gasteiger partial charge in [-0.25, -0.2) is 0 Å². The average molecular weight is 351 g/mol. The SMILES string of the molecule is OCc1ccc(CN2C[C@H](O)C[C@H]2c2ccccc2C(F)(F)F)cc1. The number of benzene rings is 2. The fourth-order valence-corrected chi connectivity index (χ4v) is 3.41. The molecule has 2 aromatic carbocycles. The number of halogens is 3. The highest BCUT2D eigenvalue weighted by atomic mass is 19.4. The molecule has 0 amide bonds. The third-order valence-corrected chi connectivity index (χ3v) is 4.60. The number of hydrogen-bond acceptors (Lipinski definition) is 3. The molecule has 0 saturated carbocycles. The smallest absolute Gasteiger partial charge is 0.392 e. The number of rotatable bonds is 4. The van der Waals surface area contributed by atoms with E-state index >= 15 is 0 Å². The molecule has 0 aromatic heterocycles. The van der Waals surface area contributed by atoms with Gasteiger partial charge in [0.05, 0.1) is 18.3 Å². The molecule has 134 valence electrons. The Hall–Kier alpha value is -1.89. The van der Waals surface area contributed by atoms with Crippen molar-refractivity contribution >= 4 is 0 Å². The third-order valence-electron chi connectivity index (χ3n) is 4.60. The van der Waals surface area contributed by atoms with E-state index in [0.717, 1.165) is 17.2 Å². The molecular formula is C19H20F3NO2. The highest BCUT2D eigenvalue weighted by molar-refractivity contribution is 5.33. The first-order chi connectivity index (χ1) is 11.9. The first-order valence-corrected chi connectivity index (χ1v) is 8.15. The van der Waals surface area contributed by atoms with Crippen LogP contribution in [0.4, 0.5) is 13.2 Å². The highest BCUT2D eigenvalue weighted by Gasteiger charge is 2.39. The molecule has 2 N–H and O–H groups in total. The minimum absolute atomic E-state index is 0.0513. The number of nitrogens with zero attached hydrogens (tertiary/aromatic N) is 1. The number of hydrogen-bond donors (Lipinski definition) is 2. The van der Waals surface area contributed by atoms with Gasteiger partial charge in [0.1, 0.15) is 0 Å². The molecule has 2 aromatic rings. The second-order valence-electron chi connectivity index (χ2n) is 6.39. The summed E-state index contributed by atoms with van der Waals surface area (Å²) >= 11 is 0. The molecule has 1 aliphatic rings. The van der Waals surface area contributed by atoms with Crippen molar-refractivity contribution in [2.75, 3.05) is 6.54 Å². The molecule has 3 nitrogen and oxygen atoms in total. The van der Waals surface area contributed by atoms with Gasteiger partial charge in [0.25, 0.3) is 0 Å². The Morgan fingerprint density at radius 3 is 2.28 bits per heavy atom. The monoisotopic (exact) mass is 351 g/mol. The van der Waals surface area contributed by atoms with Crippen LogP contribution in [-0.4, -0.2) is 27.8 Å². The molecule has 0 spiro atoms. The van der Waals surface area contributed by atoms with E-state index in [1.54, 1.807) is 18.2 Å². The summed E-state index contributed by atoms with van der Waals surface area (Å²) in [7, 11) is 0. The van der Waals surface area contributed by atoms with E-state index in [9.17, 15) is 18.3 Å². The number of alkyl halides is 3. The van der Waals surface area contributed by atoms with Crippen molar-refractivity contribution in [1.29, 1.82) is 0 Å². The topological polar surface area (TPSA) is 43.7 Å². The van der Waals surface area contributed by atoms with Gasteiger partial charge < -0.3 is 10.2 Å². The van der Waals surface area contributed by atoms with Gasteiger partial charge in [0.15, 0.2) is 0 Å². The maximum atomic E-state index is 13.3. The van der Waals surface area contributed by atoms with Crippen LogP contribution < -0.4 is 0 Å². The van der Waals surface area contributed by atoms with Crippen molar-refractivity contribution in [3.05, 3.63) is 70.8 Å². The molecule has 0 unspecified atom stereocenters. The van der Waals surface area contributed by atoms with E-state index in [2.05, 4.69) is 0 Å². The van der Waals surface area contributed by atoms with Crippen molar-refractivity contribution in [2.45, 2.75) is 37.9 Å². The molecule has 3 rings (SSSR count). The molecule has 0 aliphatic carbocycles. The van der Waals surface area contributed by atoms with Gasteiger partial charge in [0, 0.05) is 19.1 Å². The summed E-state index contributed by atoms with van der Waals surface area (Å²) in [6.45, 7) is 0.725. The lowest BCUT2D eigenvalue weighted by molar-refractivity contribution is -0.138. The summed E-state index contributed by atoms with van der Waals surface area (Å²) in [5.41, 5.74) is 1.28. The summed E-state index contributed by atoms with van der Waals surface area (Å²) in [5.74, 6) is 0. The maximum absolute atomic E-state index is 13.3. The van der Waals surface area contributed by atoms with Gasteiger partial charge in [-0.3, -0.25) is 4.90 Å². The van der Waals surface area contributed by atoms with Crippen molar-refractivity contribution in [2.24, 2.45) is 0 Å². The summed E-state index contributed by atoms with van der Waals surface area (Å²) < 4.78 is 40.0. The number of aliphatic hydroxyl groups is 2. The second-order valence-corrected chi connectivity index (χ2v) is 6.39. The number of β-amino-alcohol motifs (C(OH)–C–C–N with tert-alkyl or cyclic N) is 1. The Morgan fingerprint density at radius 1 is 1.00 bits per heavy atom. The normalized spacial score (nSPS) is 21.6. The first-order valence-electron chi connectivity index (χ1n) is 8.15. The van der Waals surface area contributed by atoms with Crippen LogP contribution in [0.25, 0.3) is 0 Å². The van der Waals surface area contributed by atoms with E-state index < -0.39 is 23.9 Å². The van der Waals surface area contributed by atoms with Crippen molar-refractivity contribution in [3.63, 3.8) is 0 Å². The Bertz CT molecular complexity index is 715. The standard InChI is InChI=1S/C19H20F3NO2/c20-19(21,22)17-4-2-1-3-16(17)18-9-15(25)11-23(18)10-13-5-7-14(12-24)8-6-13/h1-8,15,18,24-25H,9-12H2/t15-,18+/m1/s1. The van der Waals surface area contributed by atoms with Crippen LogP contribution in [0.2, 0.25) is 0 Å². The predicted octanol–water partition coefficient (Wildman–Crippen LogP) is 3.51. The van der Waals surface area contributed by atoms with Gasteiger partial charge in [-0.05, 0) is 29.2 Å². The van der Waals surface area contributed by atoms with Crippen LogP contribution in [0.3, 0.4) is 0 Å². The van der Waals surface area contributed by atoms with E-state index in [1.807, 2.05) is 17.0 Å². The first kappa shape index (κ1) is 17.9. The number of likely N-dealkylation sites (tertiary alicyclic amines) is 1. The van der Waals surface area contributed by atoms with Gasteiger partial charge in [-0.15, -0.1) is 0 Å². The van der Waals surface area contributed by atoms with Crippen LogP contribution in [0.1, 0.15) is 34.7 Å². The zero-order valence-electron chi connectivity index (χ0n) is 13.6. The molecular weight excluding hydrogens is 331 g/mol. The van der Waals surface area contributed by atoms with E-state index in [-0.39, 0.29) is 18.6 Å². The third kappa shape index (κ3) is 4.03. The van der Waals surface area contributed by atoms with E-state index in [0.29, 0.717) is 13.1 Å². The van der Waals surface area contributed by atoms with Gasteiger partial charge in [-0.2, -0.15) is 13.2 Å². The molecule has 0 bridgehead atoms. The van der Waals surface area contributed by atoms with Crippen molar-refractivity contribution in [1.82, 2.24) is 4.90 Å². The van der Waals surface area contributed by atoms with Crippen LogP contribution >= 0.6 is 0 Å². The van der Waals surface area contributed by atoms with Crippen molar-refractivity contribution in [3.8, 4) is 0 Å². The Labute approximate surface area is 144 Å². The minimum Gasteiger partial charge on any atom is -0.392 e. The molecule has 1 fully saturated rings. The fraction of sp³-hybridized carbons (Fsp3) is 0.368. The lowest BCUT2D eigenvalue weighted by atomic mass is 9.97. The molecule has 6 heteroatoms. The van der Waals surface area contributed by atoms with Gasteiger partial charge in [0.2, 0.25) is 0 Å². The molecule has 1 saturated heterocycles. The summed E-state index contributed by atoms with van der Waals surface area (Å²) in [4.78, 5) is 1.88. The van der Waals surface area contributed by atoms with Crippen molar-refractivity contribution < 1.29 is 23.4 Å². The highest BCUT2D eigenvalue weighted by Crippen LogP contribution is 2.40. The molecule has 25 heavy (non-hydrogen) atoms. The summed E-state index contributed by atoms with van der Waals surface area (Å²) in [6, 6.07) is 12.4. The fourth-order valence-electron chi connectivity index (χ4n) is 3.41. The predicted molar refractivity (Wildman–Crippen MR) is 87.6 cm³/mol. The number of aliphatic hydroxyl groups excluding tert-OH is 2. The molecule has 0 radical (unpaired) electrons. The summed E-state index contributed by atoms with van der Waals surface area (Å²) in [6.07, 6.45) is -4.79. The average Bonchev–Trinajstić information content (AvgIpc) is 2.95. The zero-order chi connectivity index (χ0) is 18.0. The Kier molecular flexibility index (Phi) is 5.13. The van der Waals surface area contributed by atoms with E-state index in [1.165, 1.54) is 12.1 Å². The summed E-state index contributed by atoms with van der Waals surface area (Å²) in [5, 5.41) is 19.1. The van der Waals surface area contributed by atoms with Crippen LogP contribution in [-0.2, 0) is 19.3 Å². The Balaban J connectivity index is 1.87. The Morgan fingerprint density at radius 2 is 1.64 bits per heavy atom. The largest absolute Gasteiger partial charge is 0.416 e. The van der Waals surface area contributed by atoms with Crippen LogP contribution in [0.15, 0.2) is 48.5 Å². The lowest BCUT2D eigenvalue weighted by Crippen LogP contribution is -2.26. The minimum atomic E-state index is -4.42. The molecule has 1 heterocycles.